The summed E-state index contributed by atoms with van der Waals surface area (Å²) in [5.74, 6) is 0.543. The fourth-order valence-electron chi connectivity index (χ4n) is 1.17. The van der Waals surface area contributed by atoms with Gasteiger partial charge in [-0.25, -0.2) is 13.1 Å². The van der Waals surface area contributed by atoms with Crippen molar-refractivity contribution in [2.24, 2.45) is 13.0 Å². The van der Waals surface area contributed by atoms with Crippen LogP contribution in [0.3, 0.4) is 0 Å². The highest BCUT2D eigenvalue weighted by Crippen LogP contribution is 2.28. The lowest BCUT2D eigenvalue weighted by molar-refractivity contribution is 0.577. The Morgan fingerprint density at radius 1 is 1.64 bits per heavy atom. The first-order valence-corrected chi connectivity index (χ1v) is 6.04. The molecule has 0 amide bonds. The van der Waals surface area contributed by atoms with E-state index in [1.807, 2.05) is 0 Å². The Balaban J connectivity index is 2.06. The zero-order chi connectivity index (χ0) is 10.2. The normalized spacial score (nSPS) is 17.2. The Morgan fingerprint density at radius 2 is 2.36 bits per heavy atom. The molecule has 1 aromatic rings. The van der Waals surface area contributed by atoms with Crippen molar-refractivity contribution >= 4 is 10.0 Å². The molecule has 1 aliphatic carbocycles. The Kier molecular flexibility index (Phi) is 2.32. The quantitative estimate of drug-likeness (QED) is 0.775. The Morgan fingerprint density at radius 3 is 2.86 bits per heavy atom. The van der Waals surface area contributed by atoms with Crippen molar-refractivity contribution in [3.63, 3.8) is 0 Å². The number of aryl methyl sites for hydroxylation is 1. The third-order valence-electron chi connectivity index (χ3n) is 2.25. The van der Waals surface area contributed by atoms with Crippen LogP contribution in [-0.2, 0) is 17.1 Å². The molecule has 1 saturated carbocycles. The van der Waals surface area contributed by atoms with Crippen LogP contribution >= 0.6 is 0 Å². The van der Waals surface area contributed by atoms with E-state index in [9.17, 15) is 8.42 Å². The minimum absolute atomic E-state index is 0.237. The Hall–Kier alpha value is -0.880. The molecule has 0 unspecified atom stereocenters. The van der Waals surface area contributed by atoms with Crippen molar-refractivity contribution < 1.29 is 8.42 Å². The van der Waals surface area contributed by atoms with E-state index < -0.39 is 10.0 Å². The average Bonchev–Trinajstić information content (AvgIpc) is 2.85. The maximum atomic E-state index is 11.6. The molecule has 1 fully saturated rings. The number of hydrogen-bond donors (Lipinski definition) is 1. The lowest BCUT2D eigenvalue weighted by atomic mass is 10.4. The second kappa shape index (κ2) is 3.36. The highest BCUT2D eigenvalue weighted by atomic mass is 32.2. The van der Waals surface area contributed by atoms with Crippen molar-refractivity contribution in [3.8, 4) is 0 Å². The Bertz CT molecular complexity index is 420. The molecule has 2 rings (SSSR count). The first-order valence-electron chi connectivity index (χ1n) is 4.56. The van der Waals surface area contributed by atoms with Gasteiger partial charge in [-0.3, -0.25) is 4.68 Å². The molecule has 1 aliphatic rings. The summed E-state index contributed by atoms with van der Waals surface area (Å²) in [5, 5.41) is 3.82. The highest BCUT2D eigenvalue weighted by molar-refractivity contribution is 7.89. The van der Waals surface area contributed by atoms with Gasteiger partial charge in [0.1, 0.15) is 4.90 Å². The number of nitrogens with zero attached hydrogens (tertiary/aromatic N) is 2. The van der Waals surface area contributed by atoms with Crippen LogP contribution in [0, 0.1) is 5.92 Å². The summed E-state index contributed by atoms with van der Waals surface area (Å²) in [4.78, 5) is 0.237. The molecule has 0 spiro atoms. The summed E-state index contributed by atoms with van der Waals surface area (Å²) >= 11 is 0. The number of sulfonamides is 1. The van der Waals surface area contributed by atoms with E-state index in [4.69, 9.17) is 0 Å². The molecule has 6 heteroatoms. The zero-order valence-electron chi connectivity index (χ0n) is 7.97. The molecule has 0 saturated heterocycles. The van der Waals surface area contributed by atoms with Crippen molar-refractivity contribution in [1.82, 2.24) is 14.5 Å². The van der Waals surface area contributed by atoms with Crippen LogP contribution in [0.15, 0.2) is 17.3 Å². The van der Waals surface area contributed by atoms with Crippen molar-refractivity contribution in [3.05, 3.63) is 12.4 Å². The van der Waals surface area contributed by atoms with E-state index in [0.29, 0.717) is 12.5 Å². The van der Waals surface area contributed by atoms with Gasteiger partial charge in [-0.1, -0.05) is 0 Å². The largest absolute Gasteiger partial charge is 0.274 e. The third kappa shape index (κ3) is 2.13. The van der Waals surface area contributed by atoms with Gasteiger partial charge in [0.05, 0.1) is 6.20 Å². The molecule has 0 radical (unpaired) electrons. The van der Waals surface area contributed by atoms with E-state index in [1.165, 1.54) is 17.1 Å². The molecular weight excluding hydrogens is 202 g/mol. The maximum absolute atomic E-state index is 11.6. The number of hydrogen-bond acceptors (Lipinski definition) is 3. The lowest BCUT2D eigenvalue weighted by Gasteiger charge is -2.02. The van der Waals surface area contributed by atoms with E-state index in [1.54, 1.807) is 7.05 Å². The van der Waals surface area contributed by atoms with Crippen molar-refractivity contribution in [2.45, 2.75) is 17.7 Å². The van der Waals surface area contributed by atoms with Gasteiger partial charge in [0.25, 0.3) is 0 Å². The van der Waals surface area contributed by atoms with Gasteiger partial charge in [0.2, 0.25) is 10.0 Å². The van der Waals surface area contributed by atoms with E-state index in [2.05, 4.69) is 9.82 Å². The van der Waals surface area contributed by atoms with E-state index >= 15 is 0 Å². The molecule has 78 valence electrons. The molecule has 0 aliphatic heterocycles. The molecule has 14 heavy (non-hydrogen) atoms. The standard InChI is InChI=1S/C8H13N3O2S/c1-11-6-8(5-9-11)14(12,13)10-4-7-2-3-7/h5-7,10H,2-4H2,1H3. The smallest absolute Gasteiger partial charge is 0.243 e. The van der Waals surface area contributed by atoms with Crippen LogP contribution in [0.4, 0.5) is 0 Å². The predicted octanol–water partition coefficient (Wildman–Crippen LogP) is 0.108. The number of nitrogens with one attached hydrogen (secondary N) is 1. The first kappa shape index (κ1) is 9.67. The molecule has 0 aromatic carbocycles. The van der Waals surface area contributed by atoms with Gasteiger partial charge < -0.3 is 0 Å². The molecule has 1 aromatic heterocycles. The van der Waals surface area contributed by atoms with Gasteiger partial charge >= 0.3 is 0 Å². The van der Waals surface area contributed by atoms with Crippen LogP contribution in [-0.4, -0.2) is 24.7 Å². The average molecular weight is 215 g/mol. The van der Waals surface area contributed by atoms with Crippen molar-refractivity contribution in [1.29, 1.82) is 0 Å². The number of rotatable bonds is 4. The summed E-state index contributed by atoms with van der Waals surface area (Å²) in [6.45, 7) is 0.553. The monoisotopic (exact) mass is 215 g/mol. The minimum Gasteiger partial charge on any atom is -0.274 e. The van der Waals surface area contributed by atoms with Gasteiger partial charge in [-0.05, 0) is 18.8 Å². The minimum atomic E-state index is -3.33. The molecule has 1 heterocycles. The second-order valence-corrected chi connectivity index (χ2v) is 5.41. The summed E-state index contributed by atoms with van der Waals surface area (Å²) in [6, 6.07) is 0. The van der Waals surface area contributed by atoms with Gasteiger partial charge in [-0.2, -0.15) is 5.10 Å². The highest BCUT2D eigenvalue weighted by Gasteiger charge is 2.24. The fourth-order valence-corrected chi connectivity index (χ4v) is 2.27. The van der Waals surface area contributed by atoms with E-state index in [-0.39, 0.29) is 4.90 Å². The third-order valence-corrected chi connectivity index (χ3v) is 3.63. The summed E-state index contributed by atoms with van der Waals surface area (Å²) in [7, 11) is -1.63. The van der Waals surface area contributed by atoms with Crippen LogP contribution in [0.1, 0.15) is 12.8 Å². The summed E-state index contributed by atoms with van der Waals surface area (Å²) in [6.07, 6.45) is 5.12. The second-order valence-electron chi connectivity index (χ2n) is 3.64. The van der Waals surface area contributed by atoms with Crippen molar-refractivity contribution in [2.75, 3.05) is 6.54 Å². The van der Waals surface area contributed by atoms with Gasteiger partial charge in [-0.15, -0.1) is 0 Å². The fraction of sp³-hybridized carbons (Fsp3) is 0.625. The molecular formula is C8H13N3O2S. The van der Waals surface area contributed by atoms with Crippen LogP contribution in [0.25, 0.3) is 0 Å². The first-order chi connectivity index (χ1) is 6.58. The van der Waals surface area contributed by atoms with Crippen LogP contribution < -0.4 is 4.72 Å². The summed E-state index contributed by atoms with van der Waals surface area (Å²) < 4.78 is 27.3. The molecule has 5 nitrogen and oxygen atoms in total. The maximum Gasteiger partial charge on any atom is 0.243 e. The van der Waals surface area contributed by atoms with Crippen LogP contribution in [0.2, 0.25) is 0 Å². The topological polar surface area (TPSA) is 64.0 Å². The lowest BCUT2D eigenvalue weighted by Crippen LogP contribution is -2.25. The molecule has 0 bridgehead atoms. The van der Waals surface area contributed by atoms with Crippen LogP contribution in [0.5, 0.6) is 0 Å². The Labute approximate surface area is 83.2 Å². The summed E-state index contributed by atoms with van der Waals surface area (Å²) in [5.41, 5.74) is 0. The van der Waals surface area contributed by atoms with Gasteiger partial charge in [0, 0.05) is 19.8 Å². The predicted molar refractivity (Wildman–Crippen MR) is 51.1 cm³/mol. The number of aromatic nitrogens is 2. The SMILES string of the molecule is Cn1cc(S(=O)(=O)NCC2CC2)cn1. The molecule has 1 N–H and O–H groups in total. The van der Waals surface area contributed by atoms with E-state index in [0.717, 1.165) is 12.8 Å². The zero-order valence-corrected chi connectivity index (χ0v) is 8.79. The van der Waals surface area contributed by atoms with Gasteiger partial charge in [0.15, 0.2) is 0 Å². The molecule has 0 atom stereocenters.